The Kier molecular flexibility index (Phi) is 5.88. The second-order valence-corrected chi connectivity index (χ2v) is 7.24. The van der Waals surface area contributed by atoms with E-state index in [1.54, 1.807) is 0 Å². The van der Waals surface area contributed by atoms with Gasteiger partial charge >= 0.3 is 6.09 Å². The molecular weight excluding hydrogens is 266 g/mol. The van der Waals surface area contributed by atoms with Gasteiger partial charge in [-0.15, -0.1) is 0 Å². The van der Waals surface area contributed by atoms with E-state index >= 15 is 0 Å². The number of hydrogen-bond acceptors (Lipinski definition) is 4. The third-order valence-electron chi connectivity index (χ3n) is 4.31. The van der Waals surface area contributed by atoms with Crippen LogP contribution in [0.1, 0.15) is 46.5 Å². The Bertz CT molecular complexity index is 327. The Morgan fingerprint density at radius 3 is 2.33 bits per heavy atom. The zero-order valence-corrected chi connectivity index (χ0v) is 13.9. The zero-order chi connectivity index (χ0) is 15.3. The number of nitrogens with one attached hydrogen (secondary N) is 1. The fourth-order valence-corrected chi connectivity index (χ4v) is 3.25. The van der Waals surface area contributed by atoms with Gasteiger partial charge in [0.2, 0.25) is 0 Å². The van der Waals surface area contributed by atoms with Gasteiger partial charge in [-0.05, 0) is 72.6 Å². The van der Waals surface area contributed by atoms with E-state index in [9.17, 15) is 4.79 Å². The lowest BCUT2D eigenvalue weighted by atomic mass is 10.0. The molecule has 2 aliphatic heterocycles. The van der Waals surface area contributed by atoms with Crippen molar-refractivity contribution in [1.82, 2.24) is 15.1 Å². The molecule has 21 heavy (non-hydrogen) atoms. The van der Waals surface area contributed by atoms with Crippen molar-refractivity contribution in [2.24, 2.45) is 0 Å². The predicted octanol–water partition coefficient (Wildman–Crippen LogP) is 2.07. The Morgan fingerprint density at radius 2 is 1.76 bits per heavy atom. The summed E-state index contributed by atoms with van der Waals surface area (Å²) in [4.78, 5) is 16.7. The largest absolute Gasteiger partial charge is 0.444 e. The van der Waals surface area contributed by atoms with E-state index in [0.717, 1.165) is 25.7 Å². The number of carbonyl (C=O) groups excluding carboxylic acids is 1. The Balaban J connectivity index is 1.57. The normalized spacial score (nSPS) is 22.4. The first kappa shape index (κ1) is 16.6. The number of ether oxygens (including phenoxy) is 1. The molecule has 5 nitrogen and oxygen atoms in total. The van der Waals surface area contributed by atoms with Crippen LogP contribution < -0.4 is 5.32 Å². The Hall–Kier alpha value is -0.810. The second kappa shape index (κ2) is 7.45. The van der Waals surface area contributed by atoms with Gasteiger partial charge in [-0.2, -0.15) is 0 Å². The summed E-state index contributed by atoms with van der Waals surface area (Å²) in [5, 5.41) is 2.84. The smallest absolute Gasteiger partial charge is 0.407 e. The highest BCUT2D eigenvalue weighted by molar-refractivity contribution is 5.67. The van der Waals surface area contributed by atoms with Crippen LogP contribution in [0.15, 0.2) is 0 Å². The van der Waals surface area contributed by atoms with Crippen molar-refractivity contribution in [3.63, 3.8) is 0 Å². The third-order valence-corrected chi connectivity index (χ3v) is 4.31. The van der Waals surface area contributed by atoms with Crippen LogP contribution in [0, 0.1) is 0 Å². The molecule has 0 aromatic heterocycles. The molecule has 1 N–H and O–H groups in total. The summed E-state index contributed by atoms with van der Waals surface area (Å²) in [7, 11) is 0. The first-order valence-electron chi connectivity index (χ1n) is 8.37. The second-order valence-electron chi connectivity index (χ2n) is 7.24. The zero-order valence-electron chi connectivity index (χ0n) is 13.9. The fraction of sp³-hybridized carbons (Fsp3) is 0.938. The van der Waals surface area contributed by atoms with E-state index in [2.05, 4.69) is 15.1 Å². The number of amides is 1. The standard InChI is InChI=1S/C16H31N3O2/c1-16(2,3)21-15(20)17-8-13-18-11-6-14(7-12-18)19-9-4-5-10-19/h14H,4-13H2,1-3H3,(H,17,20). The summed E-state index contributed by atoms with van der Waals surface area (Å²) in [6.07, 6.45) is 4.98. The topological polar surface area (TPSA) is 44.8 Å². The lowest BCUT2D eigenvalue weighted by Crippen LogP contribution is -2.46. The van der Waals surface area contributed by atoms with Crippen molar-refractivity contribution in [2.45, 2.75) is 58.1 Å². The molecule has 2 saturated heterocycles. The lowest BCUT2D eigenvalue weighted by Gasteiger charge is -2.36. The lowest BCUT2D eigenvalue weighted by molar-refractivity contribution is 0.0516. The van der Waals surface area contributed by atoms with Crippen molar-refractivity contribution in [3.05, 3.63) is 0 Å². The maximum Gasteiger partial charge on any atom is 0.407 e. The number of carbonyl (C=O) groups is 1. The van der Waals surface area contributed by atoms with Crippen molar-refractivity contribution in [1.29, 1.82) is 0 Å². The van der Waals surface area contributed by atoms with Crippen LogP contribution in [0.25, 0.3) is 0 Å². The van der Waals surface area contributed by atoms with Gasteiger partial charge in [0.25, 0.3) is 0 Å². The van der Waals surface area contributed by atoms with Gasteiger partial charge in [0.15, 0.2) is 0 Å². The summed E-state index contributed by atoms with van der Waals surface area (Å²) < 4.78 is 5.24. The van der Waals surface area contributed by atoms with E-state index in [1.165, 1.54) is 38.8 Å². The van der Waals surface area contributed by atoms with E-state index in [0.29, 0.717) is 6.54 Å². The molecule has 0 radical (unpaired) electrons. The maximum absolute atomic E-state index is 11.6. The van der Waals surface area contributed by atoms with Crippen LogP contribution in [0.3, 0.4) is 0 Å². The molecule has 0 unspecified atom stereocenters. The molecule has 2 fully saturated rings. The minimum atomic E-state index is -0.418. The average Bonchev–Trinajstić information content (AvgIpc) is 2.91. The molecule has 0 bridgehead atoms. The SMILES string of the molecule is CC(C)(C)OC(=O)NCCN1CCC(N2CCCC2)CC1. The summed E-state index contributed by atoms with van der Waals surface area (Å²) in [6.45, 7) is 12.1. The first-order valence-corrected chi connectivity index (χ1v) is 8.37. The molecule has 0 aliphatic carbocycles. The summed E-state index contributed by atoms with van der Waals surface area (Å²) >= 11 is 0. The third kappa shape index (κ3) is 5.83. The van der Waals surface area contributed by atoms with Crippen molar-refractivity contribution in [2.75, 3.05) is 39.3 Å². The number of nitrogens with zero attached hydrogens (tertiary/aromatic N) is 2. The van der Waals surface area contributed by atoms with Gasteiger partial charge < -0.3 is 19.9 Å². The van der Waals surface area contributed by atoms with E-state index < -0.39 is 5.60 Å². The van der Waals surface area contributed by atoms with Crippen LogP contribution in [-0.2, 0) is 4.74 Å². The van der Waals surface area contributed by atoms with Gasteiger partial charge in [-0.25, -0.2) is 4.79 Å². The average molecular weight is 297 g/mol. The van der Waals surface area contributed by atoms with Crippen molar-refractivity contribution in [3.8, 4) is 0 Å². The molecule has 2 heterocycles. The summed E-state index contributed by atoms with van der Waals surface area (Å²) in [6, 6.07) is 0.794. The van der Waals surface area contributed by atoms with E-state index in [1.807, 2.05) is 20.8 Å². The summed E-state index contributed by atoms with van der Waals surface area (Å²) in [5.74, 6) is 0. The van der Waals surface area contributed by atoms with Crippen LogP contribution in [0.5, 0.6) is 0 Å². The van der Waals surface area contributed by atoms with E-state index in [-0.39, 0.29) is 6.09 Å². The molecule has 0 spiro atoms. The number of rotatable bonds is 4. The fourth-order valence-electron chi connectivity index (χ4n) is 3.25. The molecule has 1 amide bonds. The molecule has 122 valence electrons. The molecule has 0 aromatic carbocycles. The van der Waals surface area contributed by atoms with Crippen LogP contribution in [0.4, 0.5) is 4.79 Å². The number of piperidine rings is 1. The molecule has 0 atom stereocenters. The van der Waals surface area contributed by atoms with Crippen molar-refractivity contribution < 1.29 is 9.53 Å². The van der Waals surface area contributed by atoms with Gasteiger partial charge in [-0.1, -0.05) is 0 Å². The maximum atomic E-state index is 11.6. The number of likely N-dealkylation sites (tertiary alicyclic amines) is 2. The quantitative estimate of drug-likeness (QED) is 0.863. The predicted molar refractivity (Wildman–Crippen MR) is 84.5 cm³/mol. The minimum Gasteiger partial charge on any atom is -0.444 e. The molecule has 5 heteroatoms. The van der Waals surface area contributed by atoms with Crippen molar-refractivity contribution >= 4 is 6.09 Å². The van der Waals surface area contributed by atoms with Gasteiger partial charge in [0.1, 0.15) is 5.60 Å². The molecule has 2 aliphatic rings. The van der Waals surface area contributed by atoms with Crippen LogP contribution >= 0.6 is 0 Å². The van der Waals surface area contributed by atoms with Gasteiger partial charge in [0.05, 0.1) is 0 Å². The highest BCUT2D eigenvalue weighted by Crippen LogP contribution is 2.20. The van der Waals surface area contributed by atoms with Gasteiger partial charge in [0, 0.05) is 19.1 Å². The monoisotopic (exact) mass is 297 g/mol. The van der Waals surface area contributed by atoms with E-state index in [4.69, 9.17) is 4.74 Å². The summed E-state index contributed by atoms with van der Waals surface area (Å²) in [5.41, 5.74) is -0.418. The highest BCUT2D eigenvalue weighted by atomic mass is 16.6. The number of hydrogen-bond donors (Lipinski definition) is 1. The molecular formula is C16H31N3O2. The highest BCUT2D eigenvalue weighted by Gasteiger charge is 2.26. The van der Waals surface area contributed by atoms with Crippen LogP contribution in [-0.4, -0.2) is 66.8 Å². The Morgan fingerprint density at radius 1 is 1.14 bits per heavy atom. The molecule has 0 saturated carbocycles. The van der Waals surface area contributed by atoms with Crippen LogP contribution in [0.2, 0.25) is 0 Å². The minimum absolute atomic E-state index is 0.311. The number of alkyl carbamates (subject to hydrolysis) is 1. The first-order chi connectivity index (χ1) is 9.94. The molecule has 2 rings (SSSR count). The molecule has 0 aromatic rings. The van der Waals surface area contributed by atoms with Gasteiger partial charge in [-0.3, -0.25) is 0 Å². The Labute approximate surface area is 129 Å².